The number of methoxy groups -OCH3 is 1. The number of hydrogen-bond donors (Lipinski definition) is 1. The highest BCUT2D eigenvalue weighted by Crippen LogP contribution is 2.22. The Morgan fingerprint density at radius 3 is 2.56 bits per heavy atom. The van der Waals surface area contributed by atoms with Gasteiger partial charge in [0.1, 0.15) is 11.6 Å². The molecule has 36 heavy (non-hydrogen) atoms. The summed E-state index contributed by atoms with van der Waals surface area (Å²) in [6.07, 6.45) is 3.72. The Morgan fingerprint density at radius 2 is 1.83 bits per heavy atom. The number of unbranched alkanes of at least 4 members (excludes halogenated alkanes) is 3. The van der Waals surface area contributed by atoms with Crippen LogP contribution in [0.1, 0.15) is 44.5 Å². The maximum atomic E-state index is 13.4. The lowest BCUT2D eigenvalue weighted by atomic mass is 10.1. The lowest BCUT2D eigenvalue weighted by molar-refractivity contribution is -0.135. The van der Waals surface area contributed by atoms with Crippen LogP contribution >= 0.6 is 11.6 Å². The number of fused-ring (bicyclic) bond motifs is 1. The van der Waals surface area contributed by atoms with Gasteiger partial charge < -0.3 is 20.1 Å². The number of ether oxygens (including phenoxy) is 2. The first-order valence-corrected chi connectivity index (χ1v) is 12.7. The summed E-state index contributed by atoms with van der Waals surface area (Å²) in [5.41, 5.74) is 6.08. The first kappa shape index (κ1) is 27.6. The Kier molecular flexibility index (Phi) is 10.7. The first-order chi connectivity index (χ1) is 17.5. The standard InChI is InChI=1S/C27H35ClN4O4/c1-20(26-30-24-10-6-5-9-23(24)27(34)32(26)17-18-35-2)31(16-8-4-3-7-15-29)25(33)19-36-22-13-11-21(28)12-14-22/h5-6,9-14,20H,3-4,7-8,15-19,29H2,1-2H3. The normalized spacial score (nSPS) is 12.0. The van der Waals surface area contributed by atoms with Gasteiger partial charge in [0.25, 0.3) is 11.5 Å². The van der Waals surface area contributed by atoms with E-state index in [0.717, 1.165) is 25.7 Å². The van der Waals surface area contributed by atoms with E-state index in [1.807, 2.05) is 25.1 Å². The van der Waals surface area contributed by atoms with Crippen molar-refractivity contribution in [3.05, 3.63) is 69.7 Å². The number of hydrogen-bond acceptors (Lipinski definition) is 6. The molecule has 1 heterocycles. The number of aromatic nitrogens is 2. The van der Waals surface area contributed by atoms with E-state index in [0.29, 0.717) is 53.7 Å². The summed E-state index contributed by atoms with van der Waals surface area (Å²) in [4.78, 5) is 33.3. The second-order valence-electron chi connectivity index (χ2n) is 8.65. The predicted octanol–water partition coefficient (Wildman–Crippen LogP) is 4.18. The van der Waals surface area contributed by atoms with Crippen molar-refractivity contribution in [1.82, 2.24) is 14.5 Å². The quantitative estimate of drug-likeness (QED) is 0.324. The van der Waals surface area contributed by atoms with Crippen LogP contribution in [0.3, 0.4) is 0 Å². The molecule has 8 nitrogen and oxygen atoms in total. The van der Waals surface area contributed by atoms with Crippen LogP contribution in [0.4, 0.5) is 0 Å². The second-order valence-corrected chi connectivity index (χ2v) is 9.08. The summed E-state index contributed by atoms with van der Waals surface area (Å²) < 4.78 is 12.6. The first-order valence-electron chi connectivity index (χ1n) is 12.3. The molecule has 0 spiro atoms. The van der Waals surface area contributed by atoms with Crippen molar-refractivity contribution >= 4 is 28.4 Å². The molecule has 194 valence electrons. The number of nitrogens with zero attached hydrogens (tertiary/aromatic N) is 3. The summed E-state index contributed by atoms with van der Waals surface area (Å²) in [7, 11) is 1.59. The third kappa shape index (κ3) is 7.29. The number of carbonyl (C=O) groups is 1. The van der Waals surface area contributed by atoms with Crippen molar-refractivity contribution in [3.8, 4) is 5.75 Å². The number of rotatable bonds is 14. The average molecular weight is 515 g/mol. The molecule has 0 aliphatic heterocycles. The van der Waals surface area contributed by atoms with E-state index in [-0.39, 0.29) is 18.1 Å². The topological polar surface area (TPSA) is 99.7 Å². The number of carbonyl (C=O) groups excluding carboxylic acids is 1. The summed E-state index contributed by atoms with van der Waals surface area (Å²) in [6.45, 7) is 3.63. The van der Waals surface area contributed by atoms with Gasteiger partial charge in [-0.05, 0) is 62.7 Å². The van der Waals surface area contributed by atoms with Crippen LogP contribution in [0.2, 0.25) is 5.02 Å². The molecule has 0 bridgehead atoms. The molecule has 0 radical (unpaired) electrons. The van der Waals surface area contributed by atoms with Crippen LogP contribution in [-0.4, -0.2) is 53.8 Å². The van der Waals surface area contributed by atoms with E-state index in [1.165, 1.54) is 0 Å². The molecule has 0 saturated carbocycles. The summed E-state index contributed by atoms with van der Waals surface area (Å²) in [6, 6.07) is 13.7. The van der Waals surface area contributed by atoms with Gasteiger partial charge in [0.2, 0.25) is 0 Å². The minimum Gasteiger partial charge on any atom is -0.484 e. The number of amides is 1. The van der Waals surface area contributed by atoms with E-state index in [9.17, 15) is 9.59 Å². The average Bonchev–Trinajstić information content (AvgIpc) is 2.89. The third-order valence-corrected chi connectivity index (χ3v) is 6.35. The molecule has 1 amide bonds. The molecule has 0 fully saturated rings. The van der Waals surface area contributed by atoms with Gasteiger partial charge in [-0.1, -0.05) is 36.6 Å². The van der Waals surface area contributed by atoms with E-state index in [2.05, 4.69) is 0 Å². The molecule has 2 N–H and O–H groups in total. The fourth-order valence-electron chi connectivity index (χ4n) is 4.12. The summed E-state index contributed by atoms with van der Waals surface area (Å²) in [5, 5.41) is 1.13. The van der Waals surface area contributed by atoms with Crippen molar-refractivity contribution in [1.29, 1.82) is 0 Å². The largest absolute Gasteiger partial charge is 0.484 e. The predicted molar refractivity (Wildman–Crippen MR) is 142 cm³/mol. The van der Waals surface area contributed by atoms with Gasteiger partial charge in [0, 0.05) is 18.7 Å². The molecule has 0 saturated heterocycles. The van der Waals surface area contributed by atoms with Crippen molar-refractivity contribution in [2.45, 2.75) is 45.2 Å². The Morgan fingerprint density at radius 1 is 1.11 bits per heavy atom. The SMILES string of the molecule is COCCn1c(C(C)N(CCCCCCN)C(=O)COc2ccc(Cl)cc2)nc2ccccc2c1=O. The molecule has 1 unspecified atom stereocenters. The van der Waals surface area contributed by atoms with Gasteiger partial charge in [-0.25, -0.2) is 4.98 Å². The molecular weight excluding hydrogens is 480 g/mol. The number of nitrogens with two attached hydrogens (primary N) is 1. The zero-order valence-electron chi connectivity index (χ0n) is 21.0. The van der Waals surface area contributed by atoms with Crippen LogP contribution in [0, 0.1) is 0 Å². The van der Waals surface area contributed by atoms with Crippen LogP contribution in [0.15, 0.2) is 53.3 Å². The number of para-hydroxylation sites is 1. The lowest BCUT2D eigenvalue weighted by Crippen LogP contribution is -2.41. The minimum atomic E-state index is -0.449. The van der Waals surface area contributed by atoms with E-state index < -0.39 is 6.04 Å². The Hall–Kier alpha value is -2.94. The molecule has 1 atom stereocenters. The van der Waals surface area contributed by atoms with Crippen LogP contribution in [-0.2, 0) is 16.1 Å². The Bertz CT molecular complexity index is 1180. The monoisotopic (exact) mass is 514 g/mol. The fraction of sp³-hybridized carbons (Fsp3) is 0.444. The Labute approximate surface area is 217 Å². The molecule has 0 aliphatic carbocycles. The van der Waals surface area contributed by atoms with Crippen LogP contribution in [0.5, 0.6) is 5.75 Å². The molecule has 2 aromatic carbocycles. The maximum Gasteiger partial charge on any atom is 0.261 e. The minimum absolute atomic E-state index is 0.134. The van der Waals surface area contributed by atoms with Gasteiger partial charge in [0.15, 0.2) is 6.61 Å². The molecule has 0 aliphatic rings. The fourth-order valence-corrected chi connectivity index (χ4v) is 4.24. The van der Waals surface area contributed by atoms with Gasteiger partial charge >= 0.3 is 0 Å². The molecular formula is C27H35ClN4O4. The van der Waals surface area contributed by atoms with Gasteiger partial charge in [-0.3, -0.25) is 14.2 Å². The van der Waals surface area contributed by atoms with Gasteiger partial charge in [-0.15, -0.1) is 0 Å². The van der Waals surface area contributed by atoms with Crippen molar-refractivity contribution in [2.24, 2.45) is 5.73 Å². The van der Waals surface area contributed by atoms with Crippen molar-refractivity contribution in [2.75, 3.05) is 33.4 Å². The number of halogens is 1. The molecule has 9 heteroatoms. The molecule has 3 aromatic rings. The lowest BCUT2D eigenvalue weighted by Gasteiger charge is -2.30. The highest BCUT2D eigenvalue weighted by molar-refractivity contribution is 6.30. The molecule has 3 rings (SSSR count). The second kappa shape index (κ2) is 14.0. The van der Waals surface area contributed by atoms with E-state index >= 15 is 0 Å². The highest BCUT2D eigenvalue weighted by atomic mass is 35.5. The Balaban J connectivity index is 1.89. The number of benzene rings is 2. The van der Waals surface area contributed by atoms with Crippen molar-refractivity contribution in [3.63, 3.8) is 0 Å². The highest BCUT2D eigenvalue weighted by Gasteiger charge is 2.26. The third-order valence-electron chi connectivity index (χ3n) is 6.10. The maximum absolute atomic E-state index is 13.4. The van der Waals surface area contributed by atoms with Crippen LogP contribution in [0.25, 0.3) is 10.9 Å². The van der Waals surface area contributed by atoms with Gasteiger partial charge in [-0.2, -0.15) is 0 Å². The molecule has 1 aromatic heterocycles. The van der Waals surface area contributed by atoms with E-state index in [1.54, 1.807) is 46.9 Å². The smallest absolute Gasteiger partial charge is 0.261 e. The summed E-state index contributed by atoms with van der Waals surface area (Å²) >= 11 is 5.95. The van der Waals surface area contributed by atoms with Gasteiger partial charge in [0.05, 0.1) is 30.1 Å². The van der Waals surface area contributed by atoms with E-state index in [4.69, 9.17) is 31.8 Å². The zero-order valence-corrected chi connectivity index (χ0v) is 21.7. The zero-order chi connectivity index (χ0) is 25.9. The summed E-state index contributed by atoms with van der Waals surface area (Å²) in [5.74, 6) is 0.902. The van der Waals surface area contributed by atoms with Crippen molar-refractivity contribution < 1.29 is 14.3 Å². The van der Waals surface area contributed by atoms with Crippen LogP contribution < -0.4 is 16.0 Å².